The number of methoxy groups -OCH3 is 1. The smallest absolute Gasteiger partial charge is 0.321 e. The van der Waals surface area contributed by atoms with Gasteiger partial charge in [0.25, 0.3) is 0 Å². The maximum atomic E-state index is 12.1. The van der Waals surface area contributed by atoms with Crippen molar-refractivity contribution in [2.75, 3.05) is 12.4 Å². The molecule has 22 heavy (non-hydrogen) atoms. The predicted molar refractivity (Wildman–Crippen MR) is 89.9 cm³/mol. The van der Waals surface area contributed by atoms with E-state index in [-0.39, 0.29) is 6.03 Å². The number of rotatable bonds is 3. The first-order valence-electron chi connectivity index (χ1n) is 7.69. The molecular weight excluding hydrogens is 298 g/mol. The van der Waals surface area contributed by atoms with E-state index in [1.165, 1.54) is 30.6 Å². The van der Waals surface area contributed by atoms with Gasteiger partial charge in [-0.15, -0.1) is 0 Å². The van der Waals surface area contributed by atoms with Gasteiger partial charge in [0.2, 0.25) is 0 Å². The maximum absolute atomic E-state index is 12.1. The van der Waals surface area contributed by atoms with Crippen molar-refractivity contribution in [1.82, 2.24) is 10.3 Å². The summed E-state index contributed by atoms with van der Waals surface area (Å²) >= 11 is 1.48. The summed E-state index contributed by atoms with van der Waals surface area (Å²) in [6, 6.07) is 4.04. The van der Waals surface area contributed by atoms with E-state index in [9.17, 15) is 4.79 Å². The molecule has 0 atom stereocenters. The zero-order valence-corrected chi connectivity index (χ0v) is 13.8. The van der Waals surface area contributed by atoms with E-state index < -0.39 is 0 Å². The lowest BCUT2D eigenvalue weighted by molar-refractivity contribution is 0.244. The van der Waals surface area contributed by atoms with E-state index in [0.29, 0.717) is 11.2 Å². The van der Waals surface area contributed by atoms with Gasteiger partial charge in [0.1, 0.15) is 11.3 Å². The molecule has 6 heteroatoms. The topological polar surface area (TPSA) is 63.2 Å². The van der Waals surface area contributed by atoms with E-state index in [4.69, 9.17) is 4.74 Å². The number of hydrogen-bond donors (Lipinski definition) is 2. The normalized spacial score (nSPS) is 15.7. The Balaban J connectivity index is 1.73. The lowest BCUT2D eigenvalue weighted by Gasteiger charge is -2.22. The Bertz CT molecular complexity index is 677. The molecule has 0 spiro atoms. The number of carbonyl (C=O) groups is 1. The van der Waals surface area contributed by atoms with Gasteiger partial charge in [-0.2, -0.15) is 0 Å². The molecule has 2 N–H and O–H groups in total. The molecule has 0 aliphatic heterocycles. The molecule has 0 unspecified atom stereocenters. The largest absolute Gasteiger partial charge is 0.494 e. The van der Waals surface area contributed by atoms with Gasteiger partial charge in [-0.3, -0.25) is 5.32 Å². The molecule has 0 radical (unpaired) electrons. The second kappa shape index (κ2) is 6.52. The monoisotopic (exact) mass is 319 g/mol. The molecule has 3 rings (SSSR count). The van der Waals surface area contributed by atoms with Crippen molar-refractivity contribution in [1.29, 1.82) is 0 Å². The van der Waals surface area contributed by atoms with Crippen molar-refractivity contribution < 1.29 is 9.53 Å². The summed E-state index contributed by atoms with van der Waals surface area (Å²) in [6.45, 7) is 2.03. The van der Waals surface area contributed by atoms with Crippen LogP contribution in [0.1, 0.15) is 37.7 Å². The van der Waals surface area contributed by atoms with E-state index in [0.717, 1.165) is 34.4 Å². The van der Waals surface area contributed by atoms with Crippen molar-refractivity contribution in [2.45, 2.75) is 45.1 Å². The van der Waals surface area contributed by atoms with E-state index >= 15 is 0 Å². The third kappa shape index (κ3) is 3.16. The van der Waals surface area contributed by atoms with Crippen LogP contribution >= 0.6 is 11.3 Å². The minimum atomic E-state index is -0.164. The lowest BCUT2D eigenvalue weighted by atomic mass is 9.96. The average Bonchev–Trinajstić information content (AvgIpc) is 2.93. The van der Waals surface area contributed by atoms with Crippen molar-refractivity contribution in [2.24, 2.45) is 0 Å². The number of nitrogens with zero attached hydrogens (tertiary/aromatic N) is 1. The van der Waals surface area contributed by atoms with Crippen LogP contribution < -0.4 is 15.4 Å². The molecule has 1 aromatic heterocycles. The van der Waals surface area contributed by atoms with Gasteiger partial charge in [-0.1, -0.05) is 36.7 Å². The maximum Gasteiger partial charge on any atom is 0.321 e. The molecular formula is C16H21N3O2S. The van der Waals surface area contributed by atoms with Gasteiger partial charge < -0.3 is 10.1 Å². The van der Waals surface area contributed by atoms with Crippen LogP contribution in [0.2, 0.25) is 0 Å². The molecule has 118 valence electrons. The number of aromatic nitrogens is 1. The highest BCUT2D eigenvalue weighted by Crippen LogP contribution is 2.34. The van der Waals surface area contributed by atoms with Crippen LogP contribution in [0.25, 0.3) is 10.2 Å². The fourth-order valence-corrected chi connectivity index (χ4v) is 3.84. The van der Waals surface area contributed by atoms with Crippen LogP contribution in [0, 0.1) is 6.92 Å². The number of urea groups is 1. The highest BCUT2D eigenvalue weighted by molar-refractivity contribution is 7.22. The van der Waals surface area contributed by atoms with Crippen molar-refractivity contribution in [3.63, 3.8) is 0 Å². The average molecular weight is 319 g/mol. The quantitative estimate of drug-likeness (QED) is 0.896. The number of ether oxygens (including phenoxy) is 1. The fraction of sp³-hybridized carbons (Fsp3) is 0.500. The summed E-state index contributed by atoms with van der Waals surface area (Å²) in [5, 5.41) is 6.51. The SMILES string of the molecule is COc1ccc(C)c2sc(NC(=O)NC3CCCCC3)nc12. The summed E-state index contributed by atoms with van der Waals surface area (Å²) in [4.78, 5) is 16.6. The Hall–Kier alpha value is -1.82. The van der Waals surface area contributed by atoms with Crippen LogP contribution in [-0.2, 0) is 0 Å². The molecule has 1 aliphatic carbocycles. The zero-order valence-electron chi connectivity index (χ0n) is 12.9. The minimum absolute atomic E-state index is 0.164. The molecule has 2 amide bonds. The first-order valence-corrected chi connectivity index (χ1v) is 8.50. The number of aryl methyl sites for hydroxylation is 1. The molecule has 0 saturated heterocycles. The van der Waals surface area contributed by atoms with Crippen LogP contribution in [0.3, 0.4) is 0 Å². The van der Waals surface area contributed by atoms with Crippen molar-refractivity contribution in [3.8, 4) is 5.75 Å². The highest BCUT2D eigenvalue weighted by Gasteiger charge is 2.17. The Kier molecular flexibility index (Phi) is 4.47. The standard InChI is InChI=1S/C16H21N3O2S/c1-10-8-9-12(21-2)13-14(10)22-16(18-13)19-15(20)17-11-6-4-3-5-7-11/h8-9,11H,3-7H2,1-2H3,(H2,17,18,19,20). The van der Waals surface area contributed by atoms with Gasteiger partial charge in [0, 0.05) is 6.04 Å². The molecule has 1 heterocycles. The van der Waals surface area contributed by atoms with Crippen LogP contribution in [0.15, 0.2) is 12.1 Å². The lowest BCUT2D eigenvalue weighted by Crippen LogP contribution is -2.38. The van der Waals surface area contributed by atoms with Gasteiger partial charge in [0.15, 0.2) is 5.13 Å². The van der Waals surface area contributed by atoms with Gasteiger partial charge in [0.05, 0.1) is 11.8 Å². The van der Waals surface area contributed by atoms with E-state index in [1.807, 2.05) is 19.1 Å². The first-order chi connectivity index (χ1) is 10.7. The van der Waals surface area contributed by atoms with Crippen LogP contribution in [0.5, 0.6) is 5.75 Å². The number of anilines is 1. The highest BCUT2D eigenvalue weighted by atomic mass is 32.1. The number of amides is 2. The van der Waals surface area contributed by atoms with Gasteiger partial charge >= 0.3 is 6.03 Å². The molecule has 0 bridgehead atoms. The van der Waals surface area contributed by atoms with Crippen molar-refractivity contribution in [3.05, 3.63) is 17.7 Å². The summed E-state index contributed by atoms with van der Waals surface area (Å²) < 4.78 is 6.39. The molecule has 1 fully saturated rings. The summed E-state index contributed by atoms with van der Waals surface area (Å²) in [7, 11) is 1.63. The second-order valence-electron chi connectivity index (χ2n) is 5.71. The molecule has 1 aromatic carbocycles. The third-order valence-electron chi connectivity index (χ3n) is 4.08. The van der Waals surface area contributed by atoms with Gasteiger partial charge in [-0.05, 0) is 31.4 Å². The molecule has 5 nitrogen and oxygen atoms in total. The molecule has 2 aromatic rings. The predicted octanol–water partition coefficient (Wildman–Crippen LogP) is 4.07. The van der Waals surface area contributed by atoms with Gasteiger partial charge in [-0.25, -0.2) is 9.78 Å². The summed E-state index contributed by atoms with van der Waals surface area (Å²) in [6.07, 6.45) is 5.81. The fourth-order valence-electron chi connectivity index (χ4n) is 2.89. The van der Waals surface area contributed by atoms with E-state index in [2.05, 4.69) is 15.6 Å². The number of benzene rings is 1. The summed E-state index contributed by atoms with van der Waals surface area (Å²) in [5.74, 6) is 0.734. The summed E-state index contributed by atoms with van der Waals surface area (Å²) in [5.41, 5.74) is 1.94. The number of thiazole rings is 1. The molecule has 1 aliphatic rings. The first kappa shape index (κ1) is 15.1. The second-order valence-corrected chi connectivity index (χ2v) is 6.71. The Morgan fingerprint density at radius 3 is 2.82 bits per heavy atom. The van der Waals surface area contributed by atoms with E-state index in [1.54, 1.807) is 7.11 Å². The van der Waals surface area contributed by atoms with Crippen molar-refractivity contribution >= 4 is 32.7 Å². The van der Waals surface area contributed by atoms with Crippen LogP contribution in [0.4, 0.5) is 9.93 Å². The zero-order chi connectivity index (χ0) is 15.5. The number of carbonyl (C=O) groups excluding carboxylic acids is 1. The minimum Gasteiger partial charge on any atom is -0.494 e. The number of nitrogens with one attached hydrogen (secondary N) is 2. The number of hydrogen-bond acceptors (Lipinski definition) is 4. The number of fused-ring (bicyclic) bond motifs is 1. The Morgan fingerprint density at radius 2 is 2.09 bits per heavy atom. The Morgan fingerprint density at radius 1 is 1.32 bits per heavy atom. The molecule has 1 saturated carbocycles. The van der Waals surface area contributed by atoms with Crippen LogP contribution in [-0.4, -0.2) is 24.2 Å². The Labute approximate surface area is 134 Å². The third-order valence-corrected chi connectivity index (χ3v) is 5.19.